The fourth-order valence-electron chi connectivity index (χ4n) is 5.34. The summed E-state index contributed by atoms with van der Waals surface area (Å²) in [5, 5.41) is 19.9. The van der Waals surface area contributed by atoms with Crippen LogP contribution in [0.4, 0.5) is 0 Å². The number of aryl methyl sites for hydroxylation is 1. The Morgan fingerprint density at radius 3 is 2.64 bits per heavy atom. The third-order valence-corrected chi connectivity index (χ3v) is 6.60. The van der Waals surface area contributed by atoms with Crippen molar-refractivity contribution < 1.29 is 10.2 Å². The first kappa shape index (κ1) is 15.9. The minimum absolute atomic E-state index is 0.00127. The normalized spacial score (nSPS) is 31.2. The third-order valence-electron chi connectivity index (χ3n) is 6.60. The first-order chi connectivity index (χ1) is 10.3. The SMILES string of the molecule is C[C@H](CO)c1cc2c(cc1O)[C@@]1(C)CCCC(C)(C)[C@@H]1CC2. The standard InChI is InChI=1S/C20H30O2/c1-13(12-21)15-10-14-6-7-18-19(2,3)8-5-9-20(18,4)16(14)11-17(15)22/h10-11,13,18,21-22H,5-9,12H2,1-4H3/t13-,18+,20-/m1/s1. The van der Waals surface area contributed by atoms with Gasteiger partial charge < -0.3 is 10.2 Å². The second-order valence-electron chi connectivity index (χ2n) is 8.50. The Bertz CT molecular complexity index is 575. The lowest BCUT2D eigenvalue weighted by atomic mass is 9.50. The largest absolute Gasteiger partial charge is 0.508 e. The molecule has 3 atom stereocenters. The molecular formula is C20H30O2. The Balaban J connectivity index is 2.09. The van der Waals surface area contributed by atoms with Gasteiger partial charge in [0.2, 0.25) is 0 Å². The van der Waals surface area contributed by atoms with E-state index in [1.807, 2.05) is 13.0 Å². The molecule has 2 N–H and O–H groups in total. The topological polar surface area (TPSA) is 40.5 Å². The molecule has 0 heterocycles. The molecule has 0 amide bonds. The lowest BCUT2D eigenvalue weighted by molar-refractivity contribution is 0.0405. The van der Waals surface area contributed by atoms with Crippen LogP contribution in [0.15, 0.2) is 12.1 Å². The number of aromatic hydroxyl groups is 1. The molecule has 0 unspecified atom stereocenters. The smallest absolute Gasteiger partial charge is 0.119 e. The lowest BCUT2D eigenvalue weighted by Crippen LogP contribution is -2.47. The van der Waals surface area contributed by atoms with Crippen molar-refractivity contribution in [2.75, 3.05) is 6.61 Å². The molecule has 2 heteroatoms. The van der Waals surface area contributed by atoms with Gasteiger partial charge in [0.25, 0.3) is 0 Å². The van der Waals surface area contributed by atoms with Gasteiger partial charge in [-0.15, -0.1) is 0 Å². The second kappa shape index (κ2) is 5.26. The van der Waals surface area contributed by atoms with Gasteiger partial charge in [-0.05, 0) is 65.2 Å². The first-order valence-corrected chi connectivity index (χ1v) is 8.77. The average molecular weight is 302 g/mol. The zero-order chi connectivity index (χ0) is 16.1. The van der Waals surface area contributed by atoms with Crippen molar-refractivity contribution in [3.05, 3.63) is 28.8 Å². The van der Waals surface area contributed by atoms with E-state index in [0.29, 0.717) is 17.1 Å². The lowest BCUT2D eigenvalue weighted by Gasteiger charge is -2.54. The summed E-state index contributed by atoms with van der Waals surface area (Å²) in [6.07, 6.45) is 6.16. The molecule has 22 heavy (non-hydrogen) atoms. The number of aliphatic hydroxyl groups is 1. The third kappa shape index (κ3) is 2.27. The monoisotopic (exact) mass is 302 g/mol. The second-order valence-corrected chi connectivity index (χ2v) is 8.50. The minimum atomic E-state index is -0.00127. The maximum Gasteiger partial charge on any atom is 0.119 e. The summed E-state index contributed by atoms with van der Waals surface area (Å²) < 4.78 is 0. The van der Waals surface area contributed by atoms with Crippen LogP contribution in [-0.4, -0.2) is 16.8 Å². The van der Waals surface area contributed by atoms with E-state index in [9.17, 15) is 10.2 Å². The van der Waals surface area contributed by atoms with Crippen molar-refractivity contribution in [1.82, 2.24) is 0 Å². The van der Waals surface area contributed by atoms with Gasteiger partial charge in [-0.25, -0.2) is 0 Å². The van der Waals surface area contributed by atoms with Crippen LogP contribution < -0.4 is 0 Å². The average Bonchev–Trinajstić information content (AvgIpc) is 2.45. The zero-order valence-corrected chi connectivity index (χ0v) is 14.4. The van der Waals surface area contributed by atoms with Gasteiger partial charge in [-0.3, -0.25) is 0 Å². The first-order valence-electron chi connectivity index (χ1n) is 8.77. The predicted molar refractivity (Wildman–Crippen MR) is 90.4 cm³/mol. The molecule has 0 radical (unpaired) electrons. The molecule has 2 nitrogen and oxygen atoms in total. The summed E-state index contributed by atoms with van der Waals surface area (Å²) in [5.74, 6) is 1.06. The molecular weight excluding hydrogens is 272 g/mol. The number of fused-ring (bicyclic) bond motifs is 3. The van der Waals surface area contributed by atoms with Crippen molar-refractivity contribution in [1.29, 1.82) is 0 Å². The molecule has 122 valence electrons. The molecule has 0 aromatic heterocycles. The minimum Gasteiger partial charge on any atom is -0.508 e. The molecule has 1 aromatic rings. The molecule has 2 aliphatic rings. The Hall–Kier alpha value is -1.02. The molecule has 0 spiro atoms. The summed E-state index contributed by atoms with van der Waals surface area (Å²) in [6, 6.07) is 4.18. The highest BCUT2D eigenvalue weighted by atomic mass is 16.3. The highest BCUT2D eigenvalue weighted by molar-refractivity contribution is 5.49. The van der Waals surface area contributed by atoms with Crippen LogP contribution in [0.1, 0.15) is 76.0 Å². The summed E-state index contributed by atoms with van der Waals surface area (Å²) in [7, 11) is 0. The van der Waals surface area contributed by atoms with E-state index in [4.69, 9.17) is 0 Å². The number of hydrogen-bond acceptors (Lipinski definition) is 2. The molecule has 0 aliphatic heterocycles. The van der Waals surface area contributed by atoms with Crippen LogP contribution >= 0.6 is 0 Å². The van der Waals surface area contributed by atoms with Crippen LogP contribution in [0.25, 0.3) is 0 Å². The van der Waals surface area contributed by atoms with Crippen molar-refractivity contribution in [3.63, 3.8) is 0 Å². The quantitative estimate of drug-likeness (QED) is 0.843. The van der Waals surface area contributed by atoms with Gasteiger partial charge in [0.1, 0.15) is 5.75 Å². The number of benzene rings is 1. The van der Waals surface area contributed by atoms with Crippen LogP contribution in [-0.2, 0) is 11.8 Å². The van der Waals surface area contributed by atoms with E-state index in [0.717, 1.165) is 12.0 Å². The van der Waals surface area contributed by atoms with Gasteiger partial charge in [-0.1, -0.05) is 40.2 Å². The predicted octanol–water partition coefficient (Wildman–Crippen LogP) is 4.52. The fourth-order valence-corrected chi connectivity index (χ4v) is 5.34. The van der Waals surface area contributed by atoms with Gasteiger partial charge in [0.05, 0.1) is 0 Å². The molecule has 1 fully saturated rings. The molecule has 1 saturated carbocycles. The van der Waals surface area contributed by atoms with E-state index in [1.165, 1.54) is 36.8 Å². The maximum absolute atomic E-state index is 10.5. The summed E-state index contributed by atoms with van der Waals surface area (Å²) in [4.78, 5) is 0. The molecule has 1 aromatic carbocycles. The number of rotatable bonds is 2. The van der Waals surface area contributed by atoms with Crippen molar-refractivity contribution in [2.45, 2.75) is 71.1 Å². The zero-order valence-electron chi connectivity index (χ0n) is 14.4. The van der Waals surface area contributed by atoms with E-state index in [-0.39, 0.29) is 17.9 Å². The number of hydrogen-bond donors (Lipinski definition) is 2. The highest BCUT2D eigenvalue weighted by Crippen LogP contribution is 2.57. The van der Waals surface area contributed by atoms with Gasteiger partial charge >= 0.3 is 0 Å². The van der Waals surface area contributed by atoms with Crippen molar-refractivity contribution >= 4 is 0 Å². The van der Waals surface area contributed by atoms with Crippen molar-refractivity contribution in [3.8, 4) is 5.75 Å². The Morgan fingerprint density at radius 2 is 1.95 bits per heavy atom. The number of phenolic OH excluding ortho intramolecular Hbond substituents is 1. The molecule has 3 rings (SSSR count). The van der Waals surface area contributed by atoms with Gasteiger partial charge in [0.15, 0.2) is 0 Å². The maximum atomic E-state index is 10.5. The van der Waals surface area contributed by atoms with E-state index in [1.54, 1.807) is 0 Å². The fraction of sp³-hybridized carbons (Fsp3) is 0.700. The van der Waals surface area contributed by atoms with E-state index < -0.39 is 0 Å². The summed E-state index contributed by atoms with van der Waals surface area (Å²) in [6.45, 7) is 9.30. The van der Waals surface area contributed by atoms with Crippen LogP contribution in [0, 0.1) is 11.3 Å². The molecule has 0 bridgehead atoms. The highest BCUT2D eigenvalue weighted by Gasteiger charge is 2.49. The Kier molecular flexibility index (Phi) is 3.79. The molecule has 0 saturated heterocycles. The molecule has 2 aliphatic carbocycles. The van der Waals surface area contributed by atoms with E-state index >= 15 is 0 Å². The Morgan fingerprint density at radius 1 is 1.23 bits per heavy atom. The van der Waals surface area contributed by atoms with E-state index in [2.05, 4.69) is 26.8 Å². The summed E-state index contributed by atoms with van der Waals surface area (Å²) in [5.41, 5.74) is 4.23. The number of aliphatic hydroxyl groups excluding tert-OH is 1. The van der Waals surface area contributed by atoms with Crippen LogP contribution in [0.3, 0.4) is 0 Å². The van der Waals surface area contributed by atoms with Gasteiger partial charge in [-0.2, -0.15) is 0 Å². The van der Waals surface area contributed by atoms with Crippen LogP contribution in [0.2, 0.25) is 0 Å². The van der Waals surface area contributed by atoms with Crippen molar-refractivity contribution in [2.24, 2.45) is 11.3 Å². The summed E-state index contributed by atoms with van der Waals surface area (Å²) >= 11 is 0. The number of phenols is 1. The van der Waals surface area contributed by atoms with Gasteiger partial charge in [0, 0.05) is 12.5 Å². The van der Waals surface area contributed by atoms with Crippen LogP contribution in [0.5, 0.6) is 5.75 Å². The Labute approximate surface area is 134 Å².